The van der Waals surface area contributed by atoms with Crippen molar-refractivity contribution in [3.63, 3.8) is 0 Å². The van der Waals surface area contributed by atoms with Crippen LogP contribution in [0.4, 0.5) is 5.82 Å². The van der Waals surface area contributed by atoms with E-state index in [1.165, 1.54) is 28.9 Å². The summed E-state index contributed by atoms with van der Waals surface area (Å²) in [5, 5.41) is 3.38. The van der Waals surface area contributed by atoms with Crippen LogP contribution >= 0.6 is 0 Å². The molecule has 1 saturated heterocycles. The number of rotatable bonds is 2. The van der Waals surface area contributed by atoms with Crippen LogP contribution in [0.25, 0.3) is 22.2 Å². The number of fused-ring (bicyclic) bond motifs is 3. The van der Waals surface area contributed by atoms with Gasteiger partial charge in [-0.1, -0.05) is 6.07 Å². The van der Waals surface area contributed by atoms with Crippen LogP contribution in [-0.4, -0.2) is 40.7 Å². The molecule has 1 atom stereocenters. The van der Waals surface area contributed by atoms with Gasteiger partial charge in [0.25, 0.3) is 0 Å². The summed E-state index contributed by atoms with van der Waals surface area (Å²) in [7, 11) is 0. The second-order valence-electron chi connectivity index (χ2n) is 7.13. The normalized spacial score (nSPS) is 20.2. The molecule has 0 amide bonds. The molecule has 2 aliphatic rings. The van der Waals surface area contributed by atoms with Crippen molar-refractivity contribution < 1.29 is 0 Å². The molecule has 128 valence electrons. The molecule has 3 aromatic rings. The fourth-order valence-corrected chi connectivity index (χ4v) is 4.10. The molecule has 2 aliphatic heterocycles. The van der Waals surface area contributed by atoms with E-state index in [2.05, 4.69) is 52.0 Å². The SMILES string of the molecule is CC1CCc2nc3ccc(-c4ccc(N5CCNCC5)nc4)cc3n21. The number of imidazole rings is 1. The Hall–Kier alpha value is -2.40. The van der Waals surface area contributed by atoms with E-state index >= 15 is 0 Å². The van der Waals surface area contributed by atoms with Crippen LogP contribution < -0.4 is 10.2 Å². The summed E-state index contributed by atoms with van der Waals surface area (Å²) in [5.74, 6) is 2.30. The Morgan fingerprint density at radius 3 is 2.72 bits per heavy atom. The molecule has 1 N–H and O–H groups in total. The number of aromatic nitrogens is 3. The predicted molar refractivity (Wildman–Crippen MR) is 101 cm³/mol. The number of benzene rings is 1. The van der Waals surface area contributed by atoms with Crippen molar-refractivity contribution in [1.82, 2.24) is 19.9 Å². The molecule has 1 fully saturated rings. The lowest BCUT2D eigenvalue weighted by Crippen LogP contribution is -2.43. The van der Waals surface area contributed by atoms with Crippen LogP contribution in [0, 0.1) is 0 Å². The number of hydrogen-bond donors (Lipinski definition) is 1. The number of anilines is 1. The van der Waals surface area contributed by atoms with Crippen molar-refractivity contribution in [3.05, 3.63) is 42.4 Å². The van der Waals surface area contributed by atoms with Gasteiger partial charge in [-0.3, -0.25) is 0 Å². The largest absolute Gasteiger partial charge is 0.354 e. The molecule has 1 aromatic carbocycles. The lowest BCUT2D eigenvalue weighted by molar-refractivity contribution is 0.585. The topological polar surface area (TPSA) is 46.0 Å². The molecule has 5 rings (SSSR count). The Balaban J connectivity index is 1.49. The second kappa shape index (κ2) is 5.85. The molecule has 0 saturated carbocycles. The van der Waals surface area contributed by atoms with Gasteiger partial charge >= 0.3 is 0 Å². The Labute approximate surface area is 147 Å². The third kappa shape index (κ3) is 2.50. The van der Waals surface area contributed by atoms with Crippen LogP contribution in [0.2, 0.25) is 0 Å². The zero-order valence-electron chi connectivity index (χ0n) is 14.6. The Bertz CT molecular complexity index is 906. The highest BCUT2D eigenvalue weighted by molar-refractivity contribution is 5.83. The molecule has 2 aromatic heterocycles. The Morgan fingerprint density at radius 2 is 1.92 bits per heavy atom. The smallest absolute Gasteiger partial charge is 0.128 e. The van der Waals surface area contributed by atoms with E-state index < -0.39 is 0 Å². The lowest BCUT2D eigenvalue weighted by atomic mass is 10.1. The third-order valence-electron chi connectivity index (χ3n) is 5.51. The number of pyridine rings is 1. The predicted octanol–water partition coefficient (Wildman–Crippen LogP) is 3.02. The average Bonchev–Trinajstić information content (AvgIpc) is 3.22. The van der Waals surface area contributed by atoms with E-state index in [0.29, 0.717) is 6.04 Å². The van der Waals surface area contributed by atoms with E-state index in [9.17, 15) is 0 Å². The van der Waals surface area contributed by atoms with Crippen LogP contribution in [0.3, 0.4) is 0 Å². The summed E-state index contributed by atoms with van der Waals surface area (Å²) in [6.07, 6.45) is 4.29. The van der Waals surface area contributed by atoms with Crippen molar-refractivity contribution in [1.29, 1.82) is 0 Å². The number of hydrogen-bond acceptors (Lipinski definition) is 4. The minimum absolute atomic E-state index is 0.545. The van der Waals surface area contributed by atoms with E-state index in [0.717, 1.165) is 43.9 Å². The van der Waals surface area contributed by atoms with E-state index in [1.54, 1.807) is 0 Å². The van der Waals surface area contributed by atoms with Gasteiger partial charge in [0, 0.05) is 50.4 Å². The van der Waals surface area contributed by atoms with Crippen LogP contribution in [0.1, 0.15) is 25.2 Å². The van der Waals surface area contributed by atoms with E-state index in [-0.39, 0.29) is 0 Å². The minimum Gasteiger partial charge on any atom is -0.354 e. The van der Waals surface area contributed by atoms with Crippen LogP contribution in [-0.2, 0) is 6.42 Å². The van der Waals surface area contributed by atoms with Gasteiger partial charge < -0.3 is 14.8 Å². The molecule has 0 radical (unpaired) electrons. The fraction of sp³-hybridized carbons (Fsp3) is 0.400. The number of aryl methyl sites for hydroxylation is 1. The fourth-order valence-electron chi connectivity index (χ4n) is 4.10. The summed E-state index contributed by atoms with van der Waals surface area (Å²) in [6, 6.07) is 11.5. The molecular weight excluding hydrogens is 310 g/mol. The van der Waals surface area contributed by atoms with Gasteiger partial charge in [0.15, 0.2) is 0 Å². The van der Waals surface area contributed by atoms with Crippen LogP contribution in [0.5, 0.6) is 0 Å². The van der Waals surface area contributed by atoms with Crippen molar-refractivity contribution >= 4 is 16.9 Å². The molecular formula is C20H23N5. The van der Waals surface area contributed by atoms with Crippen molar-refractivity contribution in [2.45, 2.75) is 25.8 Å². The Morgan fingerprint density at radius 1 is 1.08 bits per heavy atom. The maximum atomic E-state index is 4.79. The molecule has 4 heterocycles. The first kappa shape index (κ1) is 14.9. The molecule has 25 heavy (non-hydrogen) atoms. The minimum atomic E-state index is 0.545. The molecule has 0 aliphatic carbocycles. The summed E-state index contributed by atoms with van der Waals surface area (Å²) in [4.78, 5) is 11.8. The third-order valence-corrected chi connectivity index (χ3v) is 5.51. The number of nitrogens with one attached hydrogen (secondary N) is 1. The van der Waals surface area contributed by atoms with Gasteiger partial charge in [-0.2, -0.15) is 0 Å². The monoisotopic (exact) mass is 333 g/mol. The van der Waals surface area contributed by atoms with Crippen molar-refractivity contribution in [2.75, 3.05) is 31.1 Å². The van der Waals surface area contributed by atoms with E-state index in [4.69, 9.17) is 9.97 Å². The summed E-state index contributed by atoms with van der Waals surface area (Å²) in [6.45, 7) is 6.40. The summed E-state index contributed by atoms with van der Waals surface area (Å²) < 4.78 is 2.40. The first-order valence-electron chi connectivity index (χ1n) is 9.22. The number of nitrogens with zero attached hydrogens (tertiary/aromatic N) is 4. The zero-order valence-corrected chi connectivity index (χ0v) is 14.6. The zero-order chi connectivity index (χ0) is 16.8. The maximum Gasteiger partial charge on any atom is 0.128 e. The molecule has 1 unspecified atom stereocenters. The maximum absolute atomic E-state index is 4.79. The molecule has 5 heteroatoms. The van der Waals surface area contributed by atoms with Gasteiger partial charge in [0.1, 0.15) is 11.6 Å². The summed E-state index contributed by atoms with van der Waals surface area (Å²) >= 11 is 0. The van der Waals surface area contributed by atoms with E-state index in [1.807, 2.05) is 6.20 Å². The molecule has 0 bridgehead atoms. The quantitative estimate of drug-likeness (QED) is 0.783. The highest BCUT2D eigenvalue weighted by Crippen LogP contribution is 2.33. The highest BCUT2D eigenvalue weighted by atomic mass is 15.2. The highest BCUT2D eigenvalue weighted by Gasteiger charge is 2.22. The Kier molecular flexibility index (Phi) is 3.48. The molecule has 5 nitrogen and oxygen atoms in total. The van der Waals surface area contributed by atoms with Crippen LogP contribution in [0.15, 0.2) is 36.5 Å². The average molecular weight is 333 g/mol. The van der Waals surface area contributed by atoms with Gasteiger partial charge in [0.2, 0.25) is 0 Å². The first-order valence-corrected chi connectivity index (χ1v) is 9.22. The molecule has 0 spiro atoms. The second-order valence-corrected chi connectivity index (χ2v) is 7.13. The van der Waals surface area contributed by atoms with Crippen molar-refractivity contribution in [2.24, 2.45) is 0 Å². The van der Waals surface area contributed by atoms with Crippen molar-refractivity contribution in [3.8, 4) is 11.1 Å². The first-order chi connectivity index (χ1) is 12.3. The lowest BCUT2D eigenvalue weighted by Gasteiger charge is -2.28. The summed E-state index contributed by atoms with van der Waals surface area (Å²) in [5.41, 5.74) is 4.75. The standard InChI is InChI=1S/C20H23N5/c1-14-2-6-20-23-17-5-3-15(12-18(17)25(14)20)16-4-7-19(22-13-16)24-10-8-21-9-11-24/h3-5,7,12-14,21H,2,6,8-11H2,1H3. The number of piperazine rings is 1. The van der Waals surface area contributed by atoms with Gasteiger partial charge in [-0.25, -0.2) is 9.97 Å². The van der Waals surface area contributed by atoms with Gasteiger partial charge in [-0.15, -0.1) is 0 Å². The van der Waals surface area contributed by atoms with Gasteiger partial charge in [0.05, 0.1) is 11.0 Å². The van der Waals surface area contributed by atoms with Gasteiger partial charge in [-0.05, 0) is 43.2 Å².